The molecule has 0 bridgehead atoms. The normalized spacial score (nSPS) is 14.3. The van der Waals surface area contributed by atoms with Crippen molar-refractivity contribution in [2.75, 3.05) is 7.11 Å². The van der Waals surface area contributed by atoms with Crippen LogP contribution >= 0.6 is 54.5 Å². The van der Waals surface area contributed by atoms with Gasteiger partial charge in [-0.2, -0.15) is 0 Å². The molecule has 4 rings (SSSR count). The first-order chi connectivity index (χ1) is 15.4. The average molecular weight is 669 g/mol. The van der Waals surface area contributed by atoms with Gasteiger partial charge in [-0.1, -0.05) is 28.1 Å². The molecule has 0 radical (unpaired) electrons. The Kier molecular flexibility index (Phi) is 7.32. The van der Waals surface area contributed by atoms with E-state index in [1.54, 1.807) is 19.3 Å². The molecule has 162 valence electrons. The van der Waals surface area contributed by atoms with Crippen molar-refractivity contribution >= 4 is 72.4 Å². The molecular weight excluding hydrogens is 653 g/mol. The Morgan fingerprint density at radius 3 is 2.47 bits per heavy atom. The molecular formula is C24H16Br2INO4. The highest BCUT2D eigenvalue weighted by molar-refractivity contribution is 14.1. The molecule has 5 nitrogen and oxygen atoms in total. The molecule has 0 spiro atoms. The third kappa shape index (κ3) is 5.41. The molecule has 1 aliphatic heterocycles. The van der Waals surface area contributed by atoms with Crippen LogP contribution in [-0.2, 0) is 16.1 Å². The minimum absolute atomic E-state index is 0.212. The van der Waals surface area contributed by atoms with Gasteiger partial charge in [0.05, 0.1) is 11.6 Å². The van der Waals surface area contributed by atoms with Crippen molar-refractivity contribution in [2.24, 2.45) is 4.99 Å². The highest BCUT2D eigenvalue weighted by Crippen LogP contribution is 2.38. The summed E-state index contributed by atoms with van der Waals surface area (Å²) in [6.45, 7) is 0.402. The lowest BCUT2D eigenvalue weighted by atomic mass is 10.1. The van der Waals surface area contributed by atoms with Gasteiger partial charge in [-0.15, -0.1) is 0 Å². The number of aliphatic imine (C=N–C) groups is 1. The second kappa shape index (κ2) is 10.2. The number of carbonyl (C=O) groups excluding carboxylic acids is 1. The van der Waals surface area contributed by atoms with Gasteiger partial charge in [0, 0.05) is 13.6 Å². The highest BCUT2D eigenvalue weighted by atomic mass is 127. The van der Waals surface area contributed by atoms with Crippen LogP contribution in [0.2, 0.25) is 0 Å². The molecule has 0 saturated carbocycles. The second-order valence-electron chi connectivity index (χ2n) is 6.79. The van der Waals surface area contributed by atoms with Crippen molar-refractivity contribution in [1.82, 2.24) is 0 Å². The van der Waals surface area contributed by atoms with E-state index in [0.29, 0.717) is 22.6 Å². The van der Waals surface area contributed by atoms with Gasteiger partial charge in [-0.25, -0.2) is 9.79 Å². The molecule has 0 saturated heterocycles. The third-order valence-electron chi connectivity index (χ3n) is 4.56. The second-order valence-corrected chi connectivity index (χ2v) is 9.81. The van der Waals surface area contributed by atoms with Crippen LogP contribution in [0.4, 0.5) is 0 Å². The molecule has 1 aliphatic rings. The predicted molar refractivity (Wildman–Crippen MR) is 139 cm³/mol. The summed E-state index contributed by atoms with van der Waals surface area (Å²) in [5, 5.41) is 0. The minimum Gasteiger partial charge on any atom is -0.493 e. The number of ether oxygens (including phenoxy) is 3. The van der Waals surface area contributed by atoms with E-state index in [1.807, 2.05) is 54.6 Å². The van der Waals surface area contributed by atoms with Crippen LogP contribution in [0.1, 0.15) is 16.7 Å². The molecule has 8 heteroatoms. The quantitative estimate of drug-likeness (QED) is 0.166. The Morgan fingerprint density at radius 1 is 1.06 bits per heavy atom. The maximum atomic E-state index is 12.3. The van der Waals surface area contributed by atoms with Crippen LogP contribution in [0, 0.1) is 3.57 Å². The third-order valence-corrected chi connectivity index (χ3v) is 6.40. The van der Waals surface area contributed by atoms with Gasteiger partial charge in [0.25, 0.3) is 0 Å². The molecule has 3 aromatic rings. The Hall–Kier alpha value is -2.17. The average Bonchev–Trinajstić information content (AvgIpc) is 3.14. The van der Waals surface area contributed by atoms with Gasteiger partial charge in [-0.3, -0.25) is 0 Å². The Bertz CT molecular complexity index is 1220. The number of cyclic esters (lactones) is 1. The maximum Gasteiger partial charge on any atom is 0.363 e. The van der Waals surface area contributed by atoms with E-state index in [4.69, 9.17) is 14.2 Å². The van der Waals surface area contributed by atoms with Gasteiger partial charge in [0.2, 0.25) is 5.90 Å². The largest absolute Gasteiger partial charge is 0.493 e. The fourth-order valence-electron chi connectivity index (χ4n) is 2.98. The summed E-state index contributed by atoms with van der Waals surface area (Å²) in [6, 6.07) is 19.1. The first kappa shape index (κ1) is 23.0. The zero-order valence-corrected chi connectivity index (χ0v) is 22.1. The highest BCUT2D eigenvalue weighted by Gasteiger charge is 2.24. The molecule has 0 atom stereocenters. The van der Waals surface area contributed by atoms with E-state index in [0.717, 1.165) is 21.2 Å². The molecule has 3 aromatic carbocycles. The SMILES string of the molecule is COc1cc(/C=C2\N=C(c3ccc(Br)cc3)OC2=O)cc(Br)c1OCc1ccc(I)cc1. The Balaban J connectivity index is 1.58. The summed E-state index contributed by atoms with van der Waals surface area (Å²) >= 11 is 9.21. The topological polar surface area (TPSA) is 57.1 Å². The van der Waals surface area contributed by atoms with Crippen LogP contribution < -0.4 is 9.47 Å². The summed E-state index contributed by atoms with van der Waals surface area (Å²) in [6.07, 6.45) is 1.66. The minimum atomic E-state index is -0.503. The van der Waals surface area contributed by atoms with Gasteiger partial charge < -0.3 is 14.2 Å². The number of hydrogen-bond acceptors (Lipinski definition) is 5. The van der Waals surface area contributed by atoms with Crippen LogP contribution in [0.5, 0.6) is 11.5 Å². The van der Waals surface area contributed by atoms with Gasteiger partial charge in [0.1, 0.15) is 6.61 Å². The summed E-state index contributed by atoms with van der Waals surface area (Å²) in [5.41, 5.74) is 2.71. The van der Waals surface area contributed by atoms with Gasteiger partial charge in [-0.05, 0) is 104 Å². The Labute approximate surface area is 215 Å². The van der Waals surface area contributed by atoms with Crippen molar-refractivity contribution in [3.05, 3.63) is 95.6 Å². The zero-order chi connectivity index (χ0) is 22.7. The smallest absolute Gasteiger partial charge is 0.363 e. The van der Waals surface area contributed by atoms with E-state index in [1.165, 1.54) is 3.57 Å². The summed E-state index contributed by atoms with van der Waals surface area (Å²) in [7, 11) is 1.57. The summed E-state index contributed by atoms with van der Waals surface area (Å²) < 4.78 is 19.7. The number of nitrogens with zero attached hydrogens (tertiary/aromatic N) is 1. The van der Waals surface area contributed by atoms with E-state index >= 15 is 0 Å². The maximum absolute atomic E-state index is 12.3. The van der Waals surface area contributed by atoms with Crippen molar-refractivity contribution in [3.8, 4) is 11.5 Å². The zero-order valence-electron chi connectivity index (χ0n) is 16.8. The van der Waals surface area contributed by atoms with Gasteiger partial charge in [0.15, 0.2) is 17.2 Å². The van der Waals surface area contributed by atoms with Crippen molar-refractivity contribution < 1.29 is 19.0 Å². The van der Waals surface area contributed by atoms with Crippen molar-refractivity contribution in [2.45, 2.75) is 6.61 Å². The number of esters is 1. The number of rotatable bonds is 6. The number of benzene rings is 3. The molecule has 0 amide bonds. The molecule has 0 aliphatic carbocycles. The monoisotopic (exact) mass is 667 g/mol. The van der Waals surface area contributed by atoms with Crippen LogP contribution in [-0.4, -0.2) is 19.0 Å². The summed E-state index contributed by atoms with van der Waals surface area (Å²) in [5.74, 6) is 0.899. The Morgan fingerprint density at radius 2 is 1.78 bits per heavy atom. The van der Waals surface area contributed by atoms with Crippen molar-refractivity contribution in [3.63, 3.8) is 0 Å². The summed E-state index contributed by atoms with van der Waals surface area (Å²) in [4.78, 5) is 16.7. The lowest BCUT2D eigenvalue weighted by molar-refractivity contribution is -0.129. The number of carbonyl (C=O) groups is 1. The van der Waals surface area contributed by atoms with E-state index in [9.17, 15) is 4.79 Å². The molecule has 0 fully saturated rings. The van der Waals surface area contributed by atoms with E-state index in [2.05, 4.69) is 59.4 Å². The molecule has 1 heterocycles. The number of methoxy groups -OCH3 is 1. The van der Waals surface area contributed by atoms with Crippen LogP contribution in [0.15, 0.2) is 80.3 Å². The fraction of sp³-hybridized carbons (Fsp3) is 0.0833. The van der Waals surface area contributed by atoms with Gasteiger partial charge >= 0.3 is 5.97 Å². The van der Waals surface area contributed by atoms with Crippen LogP contribution in [0.3, 0.4) is 0 Å². The van der Waals surface area contributed by atoms with Crippen molar-refractivity contribution in [1.29, 1.82) is 0 Å². The van der Waals surface area contributed by atoms with E-state index < -0.39 is 5.97 Å². The van der Waals surface area contributed by atoms with E-state index in [-0.39, 0.29) is 11.6 Å². The standard InChI is InChI=1S/C24H16Br2INO4/c1-30-21-12-15(10-19(26)22(21)31-13-14-2-8-18(27)9-3-14)11-20-24(29)32-23(28-20)16-4-6-17(25)7-5-16/h2-12H,13H2,1H3/b20-11-. The fourth-order valence-corrected chi connectivity index (χ4v) is 4.18. The first-order valence-electron chi connectivity index (χ1n) is 9.46. The molecule has 0 aromatic heterocycles. The number of halogens is 3. The lowest BCUT2D eigenvalue weighted by Crippen LogP contribution is -2.05. The molecule has 0 unspecified atom stereocenters. The number of hydrogen-bond donors (Lipinski definition) is 0. The first-order valence-corrected chi connectivity index (χ1v) is 12.1. The molecule has 0 N–H and O–H groups in total. The lowest BCUT2D eigenvalue weighted by Gasteiger charge is -2.14. The molecule has 32 heavy (non-hydrogen) atoms. The predicted octanol–water partition coefficient (Wildman–Crippen LogP) is 6.75. The van der Waals surface area contributed by atoms with Crippen LogP contribution in [0.25, 0.3) is 6.08 Å².